The lowest BCUT2D eigenvalue weighted by atomic mass is 10.4. The van der Waals surface area contributed by atoms with E-state index in [4.69, 9.17) is 4.74 Å². The fraction of sp³-hybridized carbons (Fsp3) is 0.333. The number of carbonyl (C=O) groups excluding carboxylic acids is 1. The number of hydrogen-bond donors (Lipinski definition) is 0. The average molecular weight is 193 g/mol. The molecule has 0 saturated carbocycles. The van der Waals surface area contributed by atoms with Crippen molar-refractivity contribution in [3.63, 3.8) is 0 Å². The summed E-state index contributed by atoms with van der Waals surface area (Å²) in [4.78, 5) is 22.6. The highest BCUT2D eigenvalue weighted by atomic mass is 16.5. The van der Waals surface area contributed by atoms with Crippen LogP contribution in [-0.2, 0) is 9.53 Å². The third-order valence-electron chi connectivity index (χ3n) is 1.95. The van der Waals surface area contributed by atoms with Gasteiger partial charge in [-0.25, -0.2) is 5.32 Å². The zero-order valence-electron chi connectivity index (χ0n) is 7.42. The Hall–Kier alpha value is -1.62. The zero-order chi connectivity index (χ0) is 9.97. The van der Waals surface area contributed by atoms with Gasteiger partial charge in [-0.3, -0.25) is 14.2 Å². The smallest absolute Gasteiger partial charge is 0.291 e. The molecule has 2 rings (SSSR count). The van der Waals surface area contributed by atoms with Gasteiger partial charge in [0.1, 0.15) is 0 Å². The number of aromatic nitrogens is 1. The average Bonchev–Trinajstić information content (AvgIpc) is 2.20. The second-order valence-corrected chi connectivity index (χ2v) is 2.89. The van der Waals surface area contributed by atoms with Crippen LogP contribution in [0.1, 0.15) is 6.23 Å². The van der Waals surface area contributed by atoms with E-state index in [0.29, 0.717) is 13.2 Å². The van der Waals surface area contributed by atoms with E-state index in [1.807, 2.05) is 0 Å². The van der Waals surface area contributed by atoms with Crippen molar-refractivity contribution in [2.45, 2.75) is 6.23 Å². The molecular formula is C9H9N2O3. The minimum atomic E-state index is -0.877. The number of pyridine rings is 1. The van der Waals surface area contributed by atoms with Gasteiger partial charge < -0.3 is 4.74 Å². The highest BCUT2D eigenvalue weighted by molar-refractivity contribution is 5.79. The van der Waals surface area contributed by atoms with Crippen molar-refractivity contribution < 1.29 is 9.53 Å². The summed E-state index contributed by atoms with van der Waals surface area (Å²) in [6, 6.07) is 4.67. The normalized spacial score (nSPS) is 21.7. The van der Waals surface area contributed by atoms with Gasteiger partial charge in [-0.15, -0.1) is 0 Å². The predicted molar refractivity (Wildman–Crippen MR) is 47.7 cm³/mol. The van der Waals surface area contributed by atoms with Crippen LogP contribution < -0.4 is 10.9 Å². The first-order valence-electron chi connectivity index (χ1n) is 4.29. The zero-order valence-corrected chi connectivity index (χ0v) is 7.42. The standard InChI is InChI=1S/C9H9N2O3/c12-7-3-1-2-5-11(7)9-8(13)10-4-6-14-9/h1-3,5,9H,4,6H2. The van der Waals surface area contributed by atoms with Gasteiger partial charge in [-0.05, 0) is 6.07 Å². The number of rotatable bonds is 1. The molecule has 1 atom stereocenters. The molecule has 73 valence electrons. The summed E-state index contributed by atoms with van der Waals surface area (Å²) in [7, 11) is 0. The highest BCUT2D eigenvalue weighted by Crippen LogP contribution is 2.09. The Morgan fingerprint density at radius 3 is 3.00 bits per heavy atom. The number of amides is 1. The van der Waals surface area contributed by atoms with E-state index in [2.05, 4.69) is 5.32 Å². The molecule has 0 aliphatic carbocycles. The Morgan fingerprint density at radius 1 is 1.43 bits per heavy atom. The first kappa shape index (κ1) is 8.96. The lowest BCUT2D eigenvalue weighted by Crippen LogP contribution is -2.40. The van der Waals surface area contributed by atoms with Crippen molar-refractivity contribution in [3.05, 3.63) is 34.7 Å². The van der Waals surface area contributed by atoms with Gasteiger partial charge in [0.05, 0.1) is 13.2 Å². The van der Waals surface area contributed by atoms with Crippen LogP contribution in [0.5, 0.6) is 0 Å². The summed E-state index contributed by atoms with van der Waals surface area (Å²) < 4.78 is 6.42. The van der Waals surface area contributed by atoms with Crippen LogP contribution >= 0.6 is 0 Å². The Bertz CT molecular complexity index is 399. The monoisotopic (exact) mass is 193 g/mol. The van der Waals surface area contributed by atoms with Crippen LogP contribution in [0.2, 0.25) is 0 Å². The highest BCUT2D eigenvalue weighted by Gasteiger charge is 2.26. The number of ether oxygens (including phenoxy) is 1. The van der Waals surface area contributed by atoms with Crippen LogP contribution in [-0.4, -0.2) is 23.6 Å². The number of carbonyl (C=O) groups is 1. The first-order valence-corrected chi connectivity index (χ1v) is 4.29. The lowest BCUT2D eigenvalue weighted by molar-refractivity contribution is -0.145. The lowest BCUT2D eigenvalue weighted by Gasteiger charge is -2.22. The molecule has 1 unspecified atom stereocenters. The van der Waals surface area contributed by atoms with Crippen LogP contribution in [0, 0.1) is 0 Å². The van der Waals surface area contributed by atoms with Crippen molar-refractivity contribution in [1.29, 1.82) is 0 Å². The van der Waals surface area contributed by atoms with Crippen molar-refractivity contribution in [2.24, 2.45) is 0 Å². The van der Waals surface area contributed by atoms with E-state index < -0.39 is 12.1 Å². The summed E-state index contributed by atoms with van der Waals surface area (Å²) in [6.45, 7) is 0.745. The molecular weight excluding hydrogens is 184 g/mol. The SMILES string of the molecule is O=C1[N]CCOC1n1ccccc1=O. The maximum absolute atomic E-state index is 11.4. The molecule has 2 heterocycles. The van der Waals surface area contributed by atoms with E-state index in [-0.39, 0.29) is 5.56 Å². The molecule has 0 spiro atoms. The van der Waals surface area contributed by atoms with Crippen molar-refractivity contribution in [3.8, 4) is 0 Å². The quantitative estimate of drug-likeness (QED) is 0.604. The van der Waals surface area contributed by atoms with Gasteiger partial charge in [0.15, 0.2) is 0 Å². The summed E-state index contributed by atoms with van der Waals surface area (Å²) in [5, 5.41) is 3.71. The van der Waals surface area contributed by atoms with Crippen molar-refractivity contribution >= 4 is 5.91 Å². The maximum Gasteiger partial charge on any atom is 0.291 e. The third-order valence-corrected chi connectivity index (χ3v) is 1.95. The summed E-state index contributed by atoms with van der Waals surface area (Å²) in [5.41, 5.74) is -0.261. The molecule has 0 aromatic carbocycles. The molecule has 5 nitrogen and oxygen atoms in total. The molecule has 1 saturated heterocycles. The second kappa shape index (κ2) is 3.63. The van der Waals surface area contributed by atoms with Gasteiger partial charge in [-0.1, -0.05) is 6.07 Å². The molecule has 1 amide bonds. The largest absolute Gasteiger partial charge is 0.347 e. The van der Waals surface area contributed by atoms with E-state index in [1.54, 1.807) is 12.1 Å². The Morgan fingerprint density at radius 2 is 2.29 bits per heavy atom. The van der Waals surface area contributed by atoms with E-state index in [1.165, 1.54) is 16.8 Å². The summed E-state index contributed by atoms with van der Waals surface area (Å²) in [5.74, 6) is -0.399. The van der Waals surface area contributed by atoms with Crippen LogP contribution in [0.3, 0.4) is 0 Å². The van der Waals surface area contributed by atoms with Gasteiger partial charge >= 0.3 is 0 Å². The molecule has 1 aromatic rings. The van der Waals surface area contributed by atoms with Crippen LogP contribution in [0.15, 0.2) is 29.2 Å². The topological polar surface area (TPSA) is 62.4 Å². The molecule has 1 aromatic heterocycles. The number of nitrogens with zero attached hydrogens (tertiary/aromatic N) is 2. The van der Waals surface area contributed by atoms with Crippen molar-refractivity contribution in [1.82, 2.24) is 9.88 Å². The number of hydrogen-bond acceptors (Lipinski definition) is 3. The number of morpholine rings is 1. The molecule has 0 bridgehead atoms. The molecule has 14 heavy (non-hydrogen) atoms. The third kappa shape index (κ3) is 1.54. The molecule has 1 aliphatic heterocycles. The first-order chi connectivity index (χ1) is 6.79. The van der Waals surface area contributed by atoms with Gasteiger partial charge in [0.2, 0.25) is 6.23 Å². The Kier molecular flexibility index (Phi) is 2.32. The molecule has 1 fully saturated rings. The molecule has 1 aliphatic rings. The van der Waals surface area contributed by atoms with E-state index >= 15 is 0 Å². The maximum atomic E-state index is 11.4. The van der Waals surface area contributed by atoms with Gasteiger partial charge in [0, 0.05) is 12.3 Å². The van der Waals surface area contributed by atoms with Crippen LogP contribution in [0.25, 0.3) is 0 Å². The van der Waals surface area contributed by atoms with E-state index in [0.717, 1.165) is 0 Å². The minimum Gasteiger partial charge on any atom is -0.347 e. The molecule has 5 heteroatoms. The van der Waals surface area contributed by atoms with Gasteiger partial charge in [0.25, 0.3) is 11.5 Å². The molecule has 1 radical (unpaired) electrons. The Labute approximate surface area is 80.3 Å². The van der Waals surface area contributed by atoms with E-state index in [9.17, 15) is 9.59 Å². The fourth-order valence-electron chi connectivity index (χ4n) is 1.30. The summed E-state index contributed by atoms with van der Waals surface area (Å²) in [6.07, 6.45) is 0.642. The van der Waals surface area contributed by atoms with Gasteiger partial charge in [-0.2, -0.15) is 0 Å². The molecule has 0 N–H and O–H groups in total. The Balaban J connectivity index is 2.34. The van der Waals surface area contributed by atoms with Crippen molar-refractivity contribution in [2.75, 3.05) is 13.2 Å². The predicted octanol–water partition coefficient (Wildman–Crippen LogP) is -0.492. The fourth-order valence-corrected chi connectivity index (χ4v) is 1.30. The minimum absolute atomic E-state index is 0.261. The summed E-state index contributed by atoms with van der Waals surface area (Å²) >= 11 is 0. The second-order valence-electron chi connectivity index (χ2n) is 2.89. The van der Waals surface area contributed by atoms with Crippen LogP contribution in [0.4, 0.5) is 0 Å².